The van der Waals surface area contributed by atoms with Crippen molar-refractivity contribution < 1.29 is 56.5 Å². The minimum atomic E-state index is -1.16. The number of nitrogens with one attached hydrogen (secondary N) is 1. The number of hydrogen-bond acceptors (Lipinski definition) is 10. The molecule has 9 nitrogen and oxygen atoms in total. The average molecular weight is 1470 g/mol. The molecule has 0 saturated carbocycles. The minimum Gasteiger partial charge on any atom is -0.480 e. The predicted molar refractivity (Wildman–Crippen MR) is 414 cm³/mol. The topological polar surface area (TPSA) is 139 Å². The number of aliphatic carboxylic acids is 1. The van der Waals surface area contributed by atoms with Gasteiger partial charge in [0.25, 0.3) is 5.91 Å². The van der Waals surface area contributed by atoms with E-state index in [-0.39, 0.29) is 89.2 Å². The Labute approximate surface area is 614 Å². The lowest BCUT2D eigenvalue weighted by Gasteiger charge is -2.27. The smallest absolute Gasteiger partial charge is 0.320 e. The third kappa shape index (κ3) is 15.2. The molecule has 0 radical (unpaired) electrons. The number of halogens is 4. The molecule has 518 valence electrons. The number of carboxylic acids is 1. The number of carbonyl (C=O) groups excluding carboxylic acids is 3. The van der Waals surface area contributed by atoms with Crippen molar-refractivity contribution in [3.05, 3.63) is 276 Å². The molecule has 14 rings (SSSR count). The van der Waals surface area contributed by atoms with Gasteiger partial charge in [0, 0.05) is 28.7 Å². The summed E-state index contributed by atoms with van der Waals surface area (Å²) >= 11 is 5.08. The minimum absolute atomic E-state index is 0. The Bertz CT molecular complexity index is 4540. The van der Waals surface area contributed by atoms with Crippen LogP contribution in [0.4, 0.5) is 17.6 Å². The van der Waals surface area contributed by atoms with E-state index in [1.54, 1.807) is 104 Å². The number of carbonyl (C=O) groups is 4. The number of hydroxylamine groups is 1. The van der Waals surface area contributed by atoms with E-state index in [0.29, 0.717) is 83.0 Å². The molecule has 4 aliphatic carbocycles. The Morgan fingerprint density at radius 2 is 0.697 bits per heavy atom. The zero-order valence-electron chi connectivity index (χ0n) is 55.6. The SMILES string of the molecule is COC(=O)[C@]1(c2cccc(F)c2C)C=C(C)CC1.COC(=O)[C@]1(c2cccc(F)c2C)C=C(c2cc3ccccc3s2)CC1.Cc1c(F)cccc1[C@@]1(C(=O)NO)C=C(c2cc3ccccc3s2)CC1.Cc1c(F)cccc1[C@@]1(C(=O)O)C=C(c2cc3ccccc3s2)CC1.S.S.S.S. The number of amides is 1. The van der Waals surface area contributed by atoms with Gasteiger partial charge in [-0.3, -0.25) is 24.4 Å². The van der Waals surface area contributed by atoms with Gasteiger partial charge in [0.15, 0.2) is 0 Å². The van der Waals surface area contributed by atoms with E-state index in [1.807, 2.05) is 79.8 Å². The molecule has 1 amide bonds. The summed E-state index contributed by atoms with van der Waals surface area (Å²) in [5.41, 5.74) is 6.63. The fourth-order valence-corrected chi connectivity index (χ4v) is 17.4. The number of esters is 2. The lowest BCUT2D eigenvalue weighted by atomic mass is 9.77. The standard InChI is InChI=1S/C22H19FO2S.C21H18FNO2S.C21H17FO2S.C15H17FO2.4H2S/c1-14-17(7-5-8-18(14)23)22(21(24)25-2)11-10-16(13-22)20-12-15-6-3-4-9-19(15)26-20;1-13-16(6-4-7-17(13)22)21(20(24)23-25)10-9-15(12-21)19-11-14-5-2-3-8-18(14)26-19;1-13-16(6-4-7-17(13)22)21(20(23)24)10-9-15(12-21)19-11-14-5-2-3-8-18(14)25-19;1-10-7-8-15(9-10,14(17)18-3)12-5-4-6-13(16)11(12)2;;;;/h3-9,12-13H,10-11H2,1-2H3;2-8,11-12,25H,9-10H2,1H3,(H,23,24);2-8,11-12H,9-10H2,1H3,(H,23,24);4-6,9H,7-8H2,1-3H3;4*1H2/t22-;2*21-;15-;;;;/m0000..../s1. The van der Waals surface area contributed by atoms with Gasteiger partial charge < -0.3 is 14.6 Å². The van der Waals surface area contributed by atoms with E-state index in [4.69, 9.17) is 9.47 Å². The lowest BCUT2D eigenvalue weighted by Crippen LogP contribution is -2.41. The molecule has 10 aromatic rings. The van der Waals surface area contributed by atoms with Crippen molar-refractivity contribution >= 4 is 159 Å². The van der Waals surface area contributed by atoms with Gasteiger partial charge in [-0.1, -0.05) is 133 Å². The third-order valence-electron chi connectivity index (χ3n) is 19.2. The van der Waals surface area contributed by atoms with Gasteiger partial charge >= 0.3 is 17.9 Å². The van der Waals surface area contributed by atoms with E-state index in [2.05, 4.69) is 54.6 Å². The van der Waals surface area contributed by atoms with Gasteiger partial charge in [0.2, 0.25) is 0 Å². The molecular weight excluding hydrogens is 1390 g/mol. The summed E-state index contributed by atoms with van der Waals surface area (Å²) < 4.78 is 69.6. The lowest BCUT2D eigenvalue weighted by molar-refractivity contribution is -0.146. The predicted octanol–water partition coefficient (Wildman–Crippen LogP) is 19.9. The summed E-state index contributed by atoms with van der Waals surface area (Å²) in [6.45, 7) is 8.74. The van der Waals surface area contributed by atoms with Crippen LogP contribution in [0.15, 0.2) is 194 Å². The molecule has 3 aromatic heterocycles. The second-order valence-corrected chi connectivity index (χ2v) is 28.0. The summed E-state index contributed by atoms with van der Waals surface area (Å²) in [6, 6.07) is 50.2. The Hall–Kier alpha value is -7.66. The van der Waals surface area contributed by atoms with Gasteiger partial charge in [-0.25, -0.2) is 23.0 Å². The first-order valence-corrected chi connectivity index (χ1v) is 33.7. The number of thiophene rings is 3. The van der Waals surface area contributed by atoms with E-state index in [1.165, 1.54) is 63.4 Å². The summed E-state index contributed by atoms with van der Waals surface area (Å²) in [4.78, 5) is 53.1. The van der Waals surface area contributed by atoms with Crippen LogP contribution in [0.3, 0.4) is 0 Å². The Morgan fingerprint density at radius 1 is 0.404 bits per heavy atom. The number of fused-ring (bicyclic) bond motifs is 3. The fraction of sp³-hybridized carbons (Fsp3) is 0.241. The Morgan fingerprint density at radius 3 is 1.02 bits per heavy atom. The Kier molecular flexibility index (Phi) is 26.0. The van der Waals surface area contributed by atoms with Crippen molar-refractivity contribution in [1.29, 1.82) is 0 Å². The molecular formula is C79H79F4NO8S7. The molecule has 4 atom stereocenters. The van der Waals surface area contributed by atoms with Crippen molar-refractivity contribution in [2.24, 2.45) is 0 Å². The molecule has 0 fully saturated rings. The normalized spacial score (nSPS) is 19.5. The van der Waals surface area contributed by atoms with Gasteiger partial charge in [-0.2, -0.15) is 54.0 Å². The van der Waals surface area contributed by atoms with Crippen LogP contribution in [-0.2, 0) is 50.3 Å². The molecule has 0 unspecified atom stereocenters. The van der Waals surface area contributed by atoms with Crippen molar-refractivity contribution in [3.8, 4) is 0 Å². The molecule has 7 aromatic carbocycles. The average Bonchev–Trinajstić information content (AvgIpc) is 1.67. The molecule has 20 heteroatoms. The summed E-state index contributed by atoms with van der Waals surface area (Å²) in [6.07, 6.45) is 12.8. The fourth-order valence-electron chi connectivity index (χ4n) is 14.1. The second-order valence-electron chi connectivity index (χ2n) is 24.7. The van der Waals surface area contributed by atoms with Gasteiger partial charge in [-0.15, -0.1) is 34.0 Å². The van der Waals surface area contributed by atoms with Crippen LogP contribution in [0.5, 0.6) is 0 Å². The number of rotatable bonds is 11. The zero-order chi connectivity index (χ0) is 67.6. The maximum Gasteiger partial charge on any atom is 0.320 e. The van der Waals surface area contributed by atoms with Crippen LogP contribution in [0.1, 0.15) is 117 Å². The summed E-state index contributed by atoms with van der Waals surface area (Å²) in [5.74, 6) is -3.38. The maximum absolute atomic E-state index is 14.2. The van der Waals surface area contributed by atoms with Crippen LogP contribution in [-0.4, -0.2) is 48.3 Å². The largest absolute Gasteiger partial charge is 0.480 e. The summed E-state index contributed by atoms with van der Waals surface area (Å²) in [7, 11) is 2.77. The van der Waals surface area contributed by atoms with Crippen LogP contribution < -0.4 is 5.48 Å². The van der Waals surface area contributed by atoms with Crippen LogP contribution in [0.25, 0.3) is 47.0 Å². The highest BCUT2D eigenvalue weighted by atomic mass is 32.1. The summed E-state index contributed by atoms with van der Waals surface area (Å²) in [5, 5.41) is 22.8. The van der Waals surface area contributed by atoms with E-state index in [9.17, 15) is 47.1 Å². The highest BCUT2D eigenvalue weighted by Crippen LogP contribution is 2.51. The highest BCUT2D eigenvalue weighted by molar-refractivity contribution is 7.59. The first-order valence-electron chi connectivity index (χ1n) is 31.3. The molecule has 99 heavy (non-hydrogen) atoms. The monoisotopic (exact) mass is 1470 g/mol. The van der Waals surface area contributed by atoms with Crippen LogP contribution in [0, 0.1) is 51.0 Å². The van der Waals surface area contributed by atoms with Crippen molar-refractivity contribution in [2.75, 3.05) is 14.2 Å². The molecule has 0 bridgehead atoms. The maximum atomic E-state index is 14.2. The first-order chi connectivity index (χ1) is 45.6. The van der Waals surface area contributed by atoms with E-state index < -0.39 is 33.5 Å². The second kappa shape index (κ2) is 32.8. The number of carboxylic acid groups (broad SMARTS) is 1. The molecule has 0 spiro atoms. The van der Waals surface area contributed by atoms with Gasteiger partial charge in [0.05, 0.1) is 19.6 Å². The first kappa shape index (κ1) is 78.7. The van der Waals surface area contributed by atoms with Crippen LogP contribution >= 0.6 is 88.0 Å². The molecule has 4 aliphatic rings. The number of allylic oxidation sites excluding steroid dienone is 4. The van der Waals surface area contributed by atoms with E-state index >= 15 is 0 Å². The highest BCUT2D eigenvalue weighted by Gasteiger charge is 2.48. The quantitative estimate of drug-likeness (QED) is 0.0383. The van der Waals surface area contributed by atoms with Crippen molar-refractivity contribution in [1.82, 2.24) is 5.48 Å². The third-order valence-corrected chi connectivity index (χ3v) is 22.8. The molecule has 0 saturated heterocycles. The molecule has 0 aliphatic heterocycles. The number of hydrogen-bond donors (Lipinski definition) is 3. The number of ether oxygens (including phenoxy) is 2. The van der Waals surface area contributed by atoms with Crippen molar-refractivity contribution in [3.63, 3.8) is 0 Å². The Balaban J connectivity index is 0.000000185. The van der Waals surface area contributed by atoms with Crippen molar-refractivity contribution in [2.45, 2.75) is 108 Å². The number of benzene rings is 7. The van der Waals surface area contributed by atoms with E-state index in [0.717, 1.165) is 55.2 Å². The molecule has 3 heterocycles. The number of methoxy groups -OCH3 is 2. The molecule has 3 N–H and O–H groups in total. The van der Waals surface area contributed by atoms with Gasteiger partial charge in [-0.05, 0) is 224 Å². The van der Waals surface area contributed by atoms with Gasteiger partial charge in [0.1, 0.15) is 39.5 Å². The zero-order valence-corrected chi connectivity index (χ0v) is 62.1. The van der Waals surface area contributed by atoms with Crippen LogP contribution in [0.2, 0.25) is 0 Å².